The Morgan fingerprint density at radius 3 is 2.33 bits per heavy atom. The van der Waals surface area contributed by atoms with Gasteiger partial charge in [0.1, 0.15) is 5.82 Å². The van der Waals surface area contributed by atoms with Crippen LogP contribution in [0, 0.1) is 6.92 Å². The molecule has 0 spiro atoms. The molecule has 0 bridgehead atoms. The molecular weight excluding hydrogens is 260 g/mol. The van der Waals surface area contributed by atoms with Crippen molar-refractivity contribution >= 4 is 22.7 Å². The molecule has 2 aromatic carbocycles. The van der Waals surface area contributed by atoms with Crippen LogP contribution in [0.15, 0.2) is 36.4 Å². The van der Waals surface area contributed by atoms with Crippen LogP contribution in [0.3, 0.4) is 0 Å². The Morgan fingerprint density at radius 2 is 1.67 bits per heavy atom. The van der Waals surface area contributed by atoms with E-state index < -0.39 is 0 Å². The van der Waals surface area contributed by atoms with Crippen LogP contribution in [-0.4, -0.2) is 9.97 Å². The van der Waals surface area contributed by atoms with E-state index in [1.165, 1.54) is 11.1 Å². The molecule has 0 unspecified atom stereocenters. The standard InChI is InChI=1S/C17H18N4/c1-3-11-4-6-12(7-5-11)13-8-9-14-15(10(13)2)16(18)21-17(19)20-14/h4-9H,3H2,1-2H3,(H4,18,19,20,21). The average Bonchev–Trinajstić information content (AvgIpc) is 2.47. The van der Waals surface area contributed by atoms with Gasteiger partial charge in [-0.05, 0) is 41.7 Å². The van der Waals surface area contributed by atoms with Crippen LogP contribution in [0.2, 0.25) is 0 Å². The normalized spacial score (nSPS) is 11.0. The average molecular weight is 278 g/mol. The topological polar surface area (TPSA) is 77.8 Å². The molecule has 0 aliphatic rings. The predicted octanol–water partition coefficient (Wildman–Crippen LogP) is 3.33. The first-order valence-electron chi connectivity index (χ1n) is 7.01. The number of fused-ring (bicyclic) bond motifs is 1. The van der Waals surface area contributed by atoms with E-state index in [0.717, 1.165) is 28.5 Å². The van der Waals surface area contributed by atoms with Gasteiger partial charge in [0.25, 0.3) is 0 Å². The summed E-state index contributed by atoms with van der Waals surface area (Å²) in [4.78, 5) is 8.32. The molecule has 21 heavy (non-hydrogen) atoms. The molecule has 0 radical (unpaired) electrons. The van der Waals surface area contributed by atoms with Crippen LogP contribution in [0.1, 0.15) is 18.1 Å². The van der Waals surface area contributed by atoms with Crippen LogP contribution < -0.4 is 11.5 Å². The molecule has 4 nitrogen and oxygen atoms in total. The fraction of sp³-hybridized carbons (Fsp3) is 0.176. The van der Waals surface area contributed by atoms with Crippen LogP contribution in [-0.2, 0) is 6.42 Å². The Bertz CT molecular complexity index is 807. The summed E-state index contributed by atoms with van der Waals surface area (Å²) in [5.41, 5.74) is 17.2. The SMILES string of the molecule is CCc1ccc(-c2ccc3nc(N)nc(N)c3c2C)cc1. The minimum Gasteiger partial charge on any atom is -0.383 e. The summed E-state index contributed by atoms with van der Waals surface area (Å²) < 4.78 is 0. The zero-order valence-electron chi connectivity index (χ0n) is 12.2. The Labute approximate surface area is 123 Å². The van der Waals surface area contributed by atoms with Crippen molar-refractivity contribution in [3.05, 3.63) is 47.5 Å². The van der Waals surface area contributed by atoms with E-state index in [4.69, 9.17) is 11.5 Å². The van der Waals surface area contributed by atoms with Gasteiger partial charge in [-0.25, -0.2) is 4.98 Å². The van der Waals surface area contributed by atoms with Gasteiger partial charge in [-0.3, -0.25) is 0 Å². The van der Waals surface area contributed by atoms with Crippen molar-refractivity contribution in [3.8, 4) is 11.1 Å². The monoisotopic (exact) mass is 278 g/mol. The number of aryl methyl sites for hydroxylation is 2. The van der Waals surface area contributed by atoms with Crippen molar-refractivity contribution in [1.82, 2.24) is 9.97 Å². The maximum absolute atomic E-state index is 6.02. The number of nitrogens with two attached hydrogens (primary N) is 2. The van der Waals surface area contributed by atoms with Gasteiger partial charge in [0.2, 0.25) is 5.95 Å². The highest BCUT2D eigenvalue weighted by Crippen LogP contribution is 2.31. The van der Waals surface area contributed by atoms with Gasteiger partial charge in [-0.2, -0.15) is 4.98 Å². The molecule has 0 saturated carbocycles. The summed E-state index contributed by atoms with van der Waals surface area (Å²) in [5, 5.41) is 0.876. The molecule has 0 aliphatic carbocycles. The minimum atomic E-state index is 0.208. The first-order chi connectivity index (χ1) is 10.1. The van der Waals surface area contributed by atoms with E-state index in [0.29, 0.717) is 5.82 Å². The molecule has 1 aromatic heterocycles. The zero-order valence-corrected chi connectivity index (χ0v) is 12.2. The van der Waals surface area contributed by atoms with Crippen molar-refractivity contribution in [1.29, 1.82) is 0 Å². The summed E-state index contributed by atoms with van der Waals surface area (Å²) in [6, 6.07) is 12.6. The van der Waals surface area contributed by atoms with E-state index in [1.54, 1.807) is 0 Å². The largest absolute Gasteiger partial charge is 0.383 e. The van der Waals surface area contributed by atoms with Gasteiger partial charge >= 0.3 is 0 Å². The Morgan fingerprint density at radius 1 is 0.952 bits per heavy atom. The third-order valence-corrected chi connectivity index (χ3v) is 3.84. The lowest BCUT2D eigenvalue weighted by atomic mass is 9.96. The molecule has 0 atom stereocenters. The summed E-state index contributed by atoms with van der Waals surface area (Å²) in [6.45, 7) is 4.19. The third-order valence-electron chi connectivity index (χ3n) is 3.84. The molecule has 3 rings (SSSR count). The minimum absolute atomic E-state index is 0.208. The van der Waals surface area contributed by atoms with Crippen LogP contribution in [0.5, 0.6) is 0 Å². The number of aromatic nitrogens is 2. The quantitative estimate of drug-likeness (QED) is 0.753. The summed E-state index contributed by atoms with van der Waals surface area (Å²) >= 11 is 0. The Hall–Kier alpha value is -2.62. The molecule has 0 saturated heterocycles. The number of rotatable bonds is 2. The highest BCUT2D eigenvalue weighted by atomic mass is 15.0. The lowest BCUT2D eigenvalue weighted by Gasteiger charge is -2.11. The van der Waals surface area contributed by atoms with E-state index in [1.807, 2.05) is 13.0 Å². The van der Waals surface area contributed by atoms with Crippen molar-refractivity contribution in [2.75, 3.05) is 11.5 Å². The fourth-order valence-corrected chi connectivity index (χ4v) is 2.67. The Balaban J connectivity index is 2.21. The van der Waals surface area contributed by atoms with Gasteiger partial charge in [0, 0.05) is 5.39 Å². The van der Waals surface area contributed by atoms with Crippen molar-refractivity contribution < 1.29 is 0 Å². The third kappa shape index (κ3) is 2.29. The number of nitrogens with zero attached hydrogens (tertiary/aromatic N) is 2. The van der Waals surface area contributed by atoms with Gasteiger partial charge < -0.3 is 11.5 Å². The molecule has 4 N–H and O–H groups in total. The summed E-state index contributed by atoms with van der Waals surface area (Å²) in [6.07, 6.45) is 1.04. The number of hydrogen-bond donors (Lipinski definition) is 2. The molecule has 0 amide bonds. The van der Waals surface area contributed by atoms with E-state index in [-0.39, 0.29) is 5.95 Å². The fourth-order valence-electron chi connectivity index (χ4n) is 2.67. The van der Waals surface area contributed by atoms with E-state index >= 15 is 0 Å². The van der Waals surface area contributed by atoms with Gasteiger partial charge in [-0.1, -0.05) is 37.3 Å². The van der Waals surface area contributed by atoms with Crippen molar-refractivity contribution in [3.63, 3.8) is 0 Å². The Kier molecular flexibility index (Phi) is 3.22. The lowest BCUT2D eigenvalue weighted by Crippen LogP contribution is -2.02. The second-order valence-electron chi connectivity index (χ2n) is 5.15. The van der Waals surface area contributed by atoms with Crippen molar-refractivity contribution in [2.24, 2.45) is 0 Å². The number of anilines is 2. The molecule has 0 fully saturated rings. The maximum atomic E-state index is 6.02. The highest BCUT2D eigenvalue weighted by Gasteiger charge is 2.11. The number of hydrogen-bond acceptors (Lipinski definition) is 4. The zero-order chi connectivity index (χ0) is 15.0. The molecule has 0 aliphatic heterocycles. The van der Waals surface area contributed by atoms with Gasteiger partial charge in [0.15, 0.2) is 0 Å². The molecular formula is C17H18N4. The van der Waals surface area contributed by atoms with E-state index in [2.05, 4.69) is 47.2 Å². The van der Waals surface area contributed by atoms with Crippen LogP contribution >= 0.6 is 0 Å². The molecule has 1 heterocycles. The smallest absolute Gasteiger partial charge is 0.222 e. The number of nitrogen functional groups attached to an aromatic ring is 2. The maximum Gasteiger partial charge on any atom is 0.222 e. The van der Waals surface area contributed by atoms with E-state index in [9.17, 15) is 0 Å². The predicted molar refractivity (Wildman–Crippen MR) is 87.9 cm³/mol. The van der Waals surface area contributed by atoms with Gasteiger partial charge in [0.05, 0.1) is 5.52 Å². The summed E-state index contributed by atoms with van der Waals surface area (Å²) in [7, 11) is 0. The number of benzene rings is 2. The molecule has 4 heteroatoms. The summed E-state index contributed by atoms with van der Waals surface area (Å²) in [5.74, 6) is 0.640. The first-order valence-corrected chi connectivity index (χ1v) is 7.01. The lowest BCUT2D eigenvalue weighted by molar-refractivity contribution is 1.14. The van der Waals surface area contributed by atoms with Gasteiger partial charge in [-0.15, -0.1) is 0 Å². The first kappa shape index (κ1) is 13.4. The van der Waals surface area contributed by atoms with Crippen LogP contribution in [0.25, 0.3) is 22.0 Å². The van der Waals surface area contributed by atoms with Crippen LogP contribution in [0.4, 0.5) is 11.8 Å². The van der Waals surface area contributed by atoms with Crippen molar-refractivity contribution in [2.45, 2.75) is 20.3 Å². The second kappa shape index (κ2) is 5.05. The molecule has 106 valence electrons. The highest BCUT2D eigenvalue weighted by molar-refractivity contribution is 5.96. The second-order valence-corrected chi connectivity index (χ2v) is 5.15. The molecule has 3 aromatic rings.